The zero-order valence-corrected chi connectivity index (χ0v) is 22.3. The third-order valence-electron chi connectivity index (χ3n) is 6.59. The van der Waals surface area contributed by atoms with Gasteiger partial charge in [0.25, 0.3) is 17.6 Å². The van der Waals surface area contributed by atoms with Gasteiger partial charge in [0.15, 0.2) is 6.61 Å². The number of hydrogen-bond acceptors (Lipinski definition) is 8. The summed E-state index contributed by atoms with van der Waals surface area (Å²) in [5, 5.41) is 11.3. The molecule has 2 aromatic carbocycles. The van der Waals surface area contributed by atoms with Gasteiger partial charge in [-0.2, -0.15) is 0 Å². The normalized spacial score (nSPS) is 19.5. The van der Waals surface area contributed by atoms with Gasteiger partial charge in [-0.15, -0.1) is 0 Å². The number of rotatable bonds is 11. The fraction of sp³-hybridized carbons (Fsp3) is 0.414. The van der Waals surface area contributed by atoms with Crippen LogP contribution < -0.4 is 15.2 Å². The number of ketones is 1. The summed E-state index contributed by atoms with van der Waals surface area (Å²) in [6, 6.07) is 12.7. The van der Waals surface area contributed by atoms with Gasteiger partial charge in [-0.1, -0.05) is 26.0 Å². The molecule has 2 amide bonds. The summed E-state index contributed by atoms with van der Waals surface area (Å²) < 4.78 is 16.5. The highest BCUT2D eigenvalue weighted by Gasteiger charge is 2.46. The van der Waals surface area contributed by atoms with E-state index in [1.54, 1.807) is 48.5 Å². The van der Waals surface area contributed by atoms with Gasteiger partial charge in [0.05, 0.1) is 31.4 Å². The van der Waals surface area contributed by atoms with E-state index in [0.29, 0.717) is 61.5 Å². The molecule has 10 heteroatoms. The van der Waals surface area contributed by atoms with Gasteiger partial charge in [-0.05, 0) is 47.9 Å². The number of aliphatic hydroxyl groups excluding tert-OH is 1. The Hall–Kier alpha value is -3.89. The zero-order valence-electron chi connectivity index (χ0n) is 22.3. The Bertz CT molecular complexity index is 1200. The molecular formula is C29H35N3O7. The molecule has 3 N–H and O–H groups in total. The molecule has 0 aromatic heterocycles. The first-order valence-corrected chi connectivity index (χ1v) is 13.1. The maximum atomic E-state index is 13.3. The van der Waals surface area contributed by atoms with Gasteiger partial charge in [-0.3, -0.25) is 19.3 Å². The number of primary amides is 1. The number of hydrogen-bond donors (Lipinski definition) is 2. The molecule has 39 heavy (non-hydrogen) atoms. The maximum absolute atomic E-state index is 13.3. The van der Waals surface area contributed by atoms with Crippen molar-refractivity contribution in [2.45, 2.75) is 19.9 Å². The maximum Gasteiger partial charge on any atom is 0.295 e. The van der Waals surface area contributed by atoms with E-state index < -0.39 is 23.6 Å². The number of nitrogens with zero attached hydrogens (tertiary/aromatic N) is 2. The smallest absolute Gasteiger partial charge is 0.295 e. The Morgan fingerprint density at radius 3 is 2.23 bits per heavy atom. The summed E-state index contributed by atoms with van der Waals surface area (Å²) in [7, 11) is 0. The van der Waals surface area contributed by atoms with Crippen LogP contribution in [0.5, 0.6) is 11.5 Å². The quantitative estimate of drug-likeness (QED) is 0.254. The van der Waals surface area contributed by atoms with Crippen LogP contribution in [-0.2, 0) is 19.1 Å². The van der Waals surface area contributed by atoms with Gasteiger partial charge >= 0.3 is 0 Å². The van der Waals surface area contributed by atoms with Crippen LogP contribution in [0.2, 0.25) is 0 Å². The van der Waals surface area contributed by atoms with Crippen LogP contribution >= 0.6 is 0 Å². The highest BCUT2D eigenvalue weighted by atomic mass is 16.5. The van der Waals surface area contributed by atoms with Crippen LogP contribution in [0.1, 0.15) is 31.0 Å². The summed E-state index contributed by atoms with van der Waals surface area (Å²) in [5.41, 5.74) is 6.21. The van der Waals surface area contributed by atoms with Crippen LogP contribution in [0.15, 0.2) is 54.1 Å². The van der Waals surface area contributed by atoms with Gasteiger partial charge in [0.1, 0.15) is 17.3 Å². The van der Waals surface area contributed by atoms with E-state index >= 15 is 0 Å². The molecule has 2 aliphatic heterocycles. The zero-order chi connectivity index (χ0) is 27.9. The monoisotopic (exact) mass is 537 g/mol. The molecule has 0 spiro atoms. The van der Waals surface area contributed by atoms with Crippen LogP contribution in [0.4, 0.5) is 0 Å². The van der Waals surface area contributed by atoms with Gasteiger partial charge < -0.3 is 30.0 Å². The molecule has 2 fully saturated rings. The summed E-state index contributed by atoms with van der Waals surface area (Å²) in [4.78, 5) is 41.3. The SMILES string of the molecule is CC(C)COc1ccc(/C(O)=C2\C(=O)C(=O)N(CCN3CCOCC3)C2c2ccc(OCC(N)=O)cc2)cc1. The fourth-order valence-electron chi connectivity index (χ4n) is 4.56. The molecule has 4 rings (SSSR count). The molecule has 2 aliphatic rings. The molecule has 2 heterocycles. The summed E-state index contributed by atoms with van der Waals surface area (Å²) in [5.74, 6) is -0.838. The number of Topliss-reactive ketones (excluding diaryl/α,β-unsaturated/α-hetero) is 1. The van der Waals surface area contributed by atoms with Crippen LogP contribution in [-0.4, -0.2) is 85.1 Å². The van der Waals surface area contributed by atoms with E-state index in [1.165, 1.54) is 4.90 Å². The number of carbonyl (C=O) groups excluding carboxylic acids is 3. The lowest BCUT2D eigenvalue weighted by atomic mass is 9.95. The fourth-order valence-corrected chi connectivity index (χ4v) is 4.56. The lowest BCUT2D eigenvalue weighted by molar-refractivity contribution is -0.140. The molecule has 1 unspecified atom stereocenters. The second-order valence-electron chi connectivity index (χ2n) is 10.00. The number of morpholine rings is 1. The topological polar surface area (TPSA) is 132 Å². The number of ether oxygens (including phenoxy) is 3. The van der Waals surface area contributed by atoms with Gasteiger partial charge in [0.2, 0.25) is 0 Å². The number of carbonyl (C=O) groups is 3. The summed E-state index contributed by atoms with van der Waals surface area (Å²) >= 11 is 0. The van der Waals surface area contributed by atoms with Crippen molar-refractivity contribution in [2.75, 3.05) is 52.6 Å². The lowest BCUT2D eigenvalue weighted by Gasteiger charge is -2.31. The average Bonchev–Trinajstić information content (AvgIpc) is 3.19. The molecule has 1 atom stereocenters. The number of benzene rings is 2. The second kappa shape index (κ2) is 12.8. The van der Waals surface area contributed by atoms with Crippen LogP contribution in [0, 0.1) is 5.92 Å². The highest BCUT2D eigenvalue weighted by molar-refractivity contribution is 6.46. The van der Waals surface area contributed by atoms with E-state index in [0.717, 1.165) is 13.1 Å². The van der Waals surface area contributed by atoms with Crippen molar-refractivity contribution in [2.24, 2.45) is 11.7 Å². The molecule has 0 saturated carbocycles. The first-order chi connectivity index (χ1) is 18.7. The predicted octanol–water partition coefficient (Wildman–Crippen LogP) is 2.34. The molecule has 0 aliphatic carbocycles. The Morgan fingerprint density at radius 2 is 1.62 bits per heavy atom. The minimum atomic E-state index is -0.798. The molecular weight excluding hydrogens is 502 g/mol. The summed E-state index contributed by atoms with van der Waals surface area (Å²) in [6.07, 6.45) is 0. The number of aliphatic hydroxyl groups is 1. The standard InChI is InChI=1S/C29H35N3O7/c1-19(2)17-38-22-9-5-21(6-10-22)27(34)25-26(20-3-7-23(8-4-20)39-18-24(30)33)32(29(36)28(25)35)12-11-31-13-15-37-16-14-31/h3-10,19,26,34H,11-18H2,1-2H3,(H2,30,33)/b27-25+. The third-order valence-corrected chi connectivity index (χ3v) is 6.59. The molecule has 208 valence electrons. The van der Waals surface area contributed by atoms with Crippen molar-refractivity contribution >= 4 is 23.4 Å². The highest BCUT2D eigenvalue weighted by Crippen LogP contribution is 2.40. The van der Waals surface area contributed by atoms with E-state index in [-0.39, 0.29) is 17.9 Å². The Balaban J connectivity index is 1.65. The van der Waals surface area contributed by atoms with Crippen molar-refractivity contribution in [1.29, 1.82) is 0 Å². The van der Waals surface area contributed by atoms with E-state index in [1.807, 2.05) is 0 Å². The minimum absolute atomic E-state index is 0.0173. The molecule has 10 nitrogen and oxygen atoms in total. The Kier molecular flexibility index (Phi) is 9.21. The van der Waals surface area contributed by atoms with Gasteiger partial charge in [0, 0.05) is 31.7 Å². The largest absolute Gasteiger partial charge is 0.507 e. The predicted molar refractivity (Wildman–Crippen MR) is 144 cm³/mol. The van der Waals surface area contributed by atoms with Crippen LogP contribution in [0.25, 0.3) is 5.76 Å². The van der Waals surface area contributed by atoms with E-state index in [4.69, 9.17) is 19.9 Å². The second-order valence-corrected chi connectivity index (χ2v) is 10.00. The molecule has 2 aromatic rings. The number of nitrogens with two attached hydrogens (primary N) is 1. The first kappa shape index (κ1) is 28.1. The summed E-state index contributed by atoms with van der Waals surface area (Å²) in [6.45, 7) is 7.97. The minimum Gasteiger partial charge on any atom is -0.507 e. The first-order valence-electron chi connectivity index (χ1n) is 13.1. The Morgan fingerprint density at radius 1 is 1.00 bits per heavy atom. The van der Waals surface area contributed by atoms with Crippen molar-refractivity contribution in [1.82, 2.24) is 9.80 Å². The van der Waals surface area contributed by atoms with Crippen molar-refractivity contribution in [3.63, 3.8) is 0 Å². The number of amides is 2. The average molecular weight is 538 g/mol. The van der Waals surface area contributed by atoms with Gasteiger partial charge in [-0.25, -0.2) is 0 Å². The van der Waals surface area contributed by atoms with Crippen molar-refractivity contribution < 1.29 is 33.7 Å². The number of likely N-dealkylation sites (tertiary alicyclic amines) is 1. The Labute approximate surface area is 227 Å². The molecule has 0 bridgehead atoms. The molecule has 0 radical (unpaired) electrons. The third kappa shape index (κ3) is 6.96. The van der Waals surface area contributed by atoms with E-state index in [2.05, 4.69) is 18.7 Å². The van der Waals surface area contributed by atoms with Crippen LogP contribution in [0.3, 0.4) is 0 Å². The lowest BCUT2D eigenvalue weighted by Crippen LogP contribution is -2.42. The molecule has 2 saturated heterocycles. The van der Waals surface area contributed by atoms with E-state index in [9.17, 15) is 19.5 Å². The van der Waals surface area contributed by atoms with Crippen molar-refractivity contribution in [3.8, 4) is 11.5 Å². The van der Waals surface area contributed by atoms with Crippen molar-refractivity contribution in [3.05, 3.63) is 65.2 Å².